The highest BCUT2D eigenvalue weighted by Crippen LogP contribution is 2.29. The molecule has 0 saturated heterocycles. The Kier molecular flexibility index (Phi) is 3.90. The first-order chi connectivity index (χ1) is 10.1. The van der Waals surface area contributed by atoms with Crippen LogP contribution in [0, 0.1) is 0 Å². The molecule has 0 aliphatic heterocycles. The molecule has 0 aliphatic rings. The minimum absolute atomic E-state index is 0.137. The number of benzene rings is 1. The number of aliphatic carboxylic acids is 1. The summed E-state index contributed by atoms with van der Waals surface area (Å²) in [5.41, 5.74) is 1.92. The molecule has 3 aromatic rings. The maximum atomic E-state index is 11.1. The van der Waals surface area contributed by atoms with Gasteiger partial charge in [0.15, 0.2) is 5.58 Å². The van der Waals surface area contributed by atoms with Crippen molar-refractivity contribution >= 4 is 56.0 Å². The predicted molar refractivity (Wildman–Crippen MR) is 86.2 cm³/mol. The lowest BCUT2D eigenvalue weighted by Gasteiger charge is -1.98. The van der Waals surface area contributed by atoms with Crippen molar-refractivity contribution in [2.24, 2.45) is 0 Å². The van der Waals surface area contributed by atoms with Crippen LogP contribution in [-0.4, -0.2) is 16.1 Å². The fraction of sp³-hybridized carbons (Fsp3) is 0.0667. The predicted octanol–water partition coefficient (Wildman–Crippen LogP) is 4.67. The molecule has 0 bridgehead atoms. The number of hydrogen-bond acceptors (Lipinski definition) is 4. The molecule has 1 N–H and O–H groups in total. The highest BCUT2D eigenvalue weighted by Gasteiger charge is 2.14. The van der Waals surface area contributed by atoms with Gasteiger partial charge in [-0.3, -0.25) is 4.79 Å². The number of rotatable bonds is 4. The molecule has 6 heteroatoms. The van der Waals surface area contributed by atoms with E-state index in [0.29, 0.717) is 17.0 Å². The van der Waals surface area contributed by atoms with E-state index in [2.05, 4.69) is 20.9 Å². The normalized spacial score (nSPS) is 12.0. The average Bonchev–Trinajstić information content (AvgIpc) is 3.03. The Hall–Kier alpha value is -1.92. The van der Waals surface area contributed by atoms with Gasteiger partial charge in [0.25, 0.3) is 0 Å². The second-order valence-corrected chi connectivity index (χ2v) is 6.86. The van der Waals surface area contributed by atoms with E-state index in [4.69, 9.17) is 9.52 Å². The van der Waals surface area contributed by atoms with Gasteiger partial charge in [0.05, 0.1) is 10.2 Å². The number of aromatic nitrogens is 1. The third-order valence-electron chi connectivity index (χ3n) is 2.82. The first-order valence-electron chi connectivity index (χ1n) is 6.15. The second-order valence-electron chi connectivity index (χ2n) is 4.37. The molecule has 0 fully saturated rings. The van der Waals surface area contributed by atoms with Crippen LogP contribution in [0.2, 0.25) is 0 Å². The zero-order chi connectivity index (χ0) is 14.8. The van der Waals surface area contributed by atoms with Gasteiger partial charge in [-0.05, 0) is 46.3 Å². The molecule has 106 valence electrons. The Morgan fingerprint density at radius 2 is 2.14 bits per heavy atom. The molecule has 0 amide bonds. The van der Waals surface area contributed by atoms with Gasteiger partial charge >= 0.3 is 5.97 Å². The van der Waals surface area contributed by atoms with Crippen LogP contribution in [0.25, 0.3) is 22.7 Å². The quantitative estimate of drug-likeness (QED) is 0.731. The monoisotopic (exact) mass is 363 g/mol. The first-order valence-corrected chi connectivity index (χ1v) is 7.76. The van der Waals surface area contributed by atoms with Gasteiger partial charge in [-0.2, -0.15) is 0 Å². The largest absolute Gasteiger partial charge is 0.481 e. The fourth-order valence-corrected chi connectivity index (χ4v) is 3.33. The molecular weight excluding hydrogens is 354 g/mol. The number of carbonyl (C=O) groups is 1. The zero-order valence-electron chi connectivity index (χ0n) is 10.7. The van der Waals surface area contributed by atoms with Gasteiger partial charge in [-0.25, -0.2) is 4.98 Å². The summed E-state index contributed by atoms with van der Waals surface area (Å²) in [6.45, 7) is 0. The van der Waals surface area contributed by atoms with Crippen molar-refractivity contribution in [2.75, 3.05) is 0 Å². The standard InChI is InChI=1S/C15H10BrNO3S/c16-13-6-5-10(21-13)7-9(8-14(18)19)15-17-11-3-1-2-4-12(11)20-15/h1-7H,8H2,(H,18,19)/b9-7-. The average molecular weight is 364 g/mol. The van der Waals surface area contributed by atoms with Gasteiger partial charge < -0.3 is 9.52 Å². The molecule has 3 rings (SSSR count). The van der Waals surface area contributed by atoms with Crippen LogP contribution < -0.4 is 0 Å². The summed E-state index contributed by atoms with van der Waals surface area (Å²) in [4.78, 5) is 16.4. The summed E-state index contributed by atoms with van der Waals surface area (Å²) in [6, 6.07) is 11.2. The zero-order valence-corrected chi connectivity index (χ0v) is 13.1. The minimum atomic E-state index is -0.917. The van der Waals surface area contributed by atoms with Gasteiger partial charge in [0.1, 0.15) is 5.52 Å². The lowest BCUT2D eigenvalue weighted by atomic mass is 10.1. The number of carboxylic acids is 1. The lowest BCUT2D eigenvalue weighted by Crippen LogP contribution is -1.97. The first kappa shape index (κ1) is 14.0. The number of para-hydroxylation sites is 2. The molecule has 0 atom stereocenters. The SMILES string of the molecule is O=C(O)C/C(=C/c1ccc(Br)s1)c1nc2ccccc2o1. The number of thiophene rings is 1. The molecule has 0 aliphatic carbocycles. The summed E-state index contributed by atoms with van der Waals surface area (Å²) in [6.07, 6.45) is 1.66. The Morgan fingerprint density at radius 3 is 2.81 bits per heavy atom. The van der Waals surface area contributed by atoms with Crippen LogP contribution in [-0.2, 0) is 4.79 Å². The highest BCUT2D eigenvalue weighted by atomic mass is 79.9. The van der Waals surface area contributed by atoms with Crippen molar-refractivity contribution in [2.45, 2.75) is 6.42 Å². The minimum Gasteiger partial charge on any atom is -0.481 e. The third kappa shape index (κ3) is 3.22. The number of nitrogens with zero attached hydrogens (tertiary/aromatic N) is 1. The van der Waals surface area contributed by atoms with E-state index in [0.717, 1.165) is 14.2 Å². The smallest absolute Gasteiger partial charge is 0.308 e. The van der Waals surface area contributed by atoms with E-state index in [-0.39, 0.29) is 6.42 Å². The molecular formula is C15H10BrNO3S. The summed E-state index contributed by atoms with van der Waals surface area (Å²) < 4.78 is 6.65. The van der Waals surface area contributed by atoms with Crippen LogP contribution in [0.15, 0.2) is 44.6 Å². The number of carboxylic acid groups (broad SMARTS) is 1. The molecule has 0 radical (unpaired) electrons. The van der Waals surface area contributed by atoms with Crippen molar-refractivity contribution in [3.8, 4) is 0 Å². The molecule has 0 spiro atoms. The molecule has 21 heavy (non-hydrogen) atoms. The summed E-state index contributed by atoms with van der Waals surface area (Å²) in [5, 5.41) is 9.09. The number of halogens is 1. The fourth-order valence-electron chi connectivity index (χ4n) is 1.94. The van der Waals surface area contributed by atoms with E-state index in [1.165, 1.54) is 11.3 Å². The summed E-state index contributed by atoms with van der Waals surface area (Å²) in [7, 11) is 0. The van der Waals surface area contributed by atoms with Crippen molar-refractivity contribution in [3.05, 3.63) is 51.0 Å². The molecule has 2 aromatic heterocycles. The number of hydrogen-bond donors (Lipinski definition) is 1. The van der Waals surface area contributed by atoms with Crippen molar-refractivity contribution in [1.82, 2.24) is 4.98 Å². The maximum Gasteiger partial charge on any atom is 0.308 e. The van der Waals surface area contributed by atoms with Crippen LogP contribution in [0.3, 0.4) is 0 Å². The summed E-state index contributed by atoms with van der Waals surface area (Å²) in [5.74, 6) is -0.567. The molecule has 1 aromatic carbocycles. The Balaban J connectivity index is 2.06. The van der Waals surface area contributed by atoms with Crippen molar-refractivity contribution in [3.63, 3.8) is 0 Å². The maximum absolute atomic E-state index is 11.1. The van der Waals surface area contributed by atoms with Crippen LogP contribution in [0.1, 0.15) is 17.2 Å². The third-order valence-corrected chi connectivity index (χ3v) is 4.39. The Labute approximate surface area is 132 Å². The van der Waals surface area contributed by atoms with E-state index in [9.17, 15) is 4.79 Å². The van der Waals surface area contributed by atoms with E-state index < -0.39 is 5.97 Å². The molecule has 2 heterocycles. The summed E-state index contributed by atoms with van der Waals surface area (Å²) >= 11 is 4.91. The highest BCUT2D eigenvalue weighted by molar-refractivity contribution is 9.11. The van der Waals surface area contributed by atoms with Crippen LogP contribution >= 0.6 is 27.3 Å². The lowest BCUT2D eigenvalue weighted by molar-refractivity contribution is -0.135. The van der Waals surface area contributed by atoms with Crippen molar-refractivity contribution in [1.29, 1.82) is 0 Å². The number of oxazole rings is 1. The van der Waals surface area contributed by atoms with Gasteiger partial charge in [-0.15, -0.1) is 11.3 Å². The van der Waals surface area contributed by atoms with Crippen LogP contribution in [0.5, 0.6) is 0 Å². The van der Waals surface area contributed by atoms with Crippen molar-refractivity contribution < 1.29 is 14.3 Å². The van der Waals surface area contributed by atoms with E-state index in [1.54, 1.807) is 6.08 Å². The molecule has 0 unspecified atom stereocenters. The van der Waals surface area contributed by atoms with E-state index in [1.807, 2.05) is 36.4 Å². The van der Waals surface area contributed by atoms with Gasteiger partial charge in [-0.1, -0.05) is 12.1 Å². The topological polar surface area (TPSA) is 63.3 Å². The molecule has 4 nitrogen and oxygen atoms in total. The number of fused-ring (bicyclic) bond motifs is 1. The second kappa shape index (κ2) is 5.83. The van der Waals surface area contributed by atoms with Gasteiger partial charge in [0.2, 0.25) is 5.89 Å². The molecule has 0 saturated carbocycles. The van der Waals surface area contributed by atoms with E-state index >= 15 is 0 Å². The Morgan fingerprint density at radius 1 is 1.33 bits per heavy atom. The van der Waals surface area contributed by atoms with Gasteiger partial charge in [0, 0.05) is 10.5 Å². The Bertz CT molecular complexity index is 801. The van der Waals surface area contributed by atoms with Crippen LogP contribution in [0.4, 0.5) is 0 Å².